The van der Waals surface area contributed by atoms with Crippen LogP contribution in [0.5, 0.6) is 0 Å². The Kier molecular flexibility index (Phi) is 3.63. The van der Waals surface area contributed by atoms with Crippen molar-refractivity contribution in [1.82, 2.24) is 4.31 Å². The van der Waals surface area contributed by atoms with E-state index in [4.69, 9.17) is 4.74 Å². The molecule has 0 N–H and O–H groups in total. The molecule has 3 rings (SSSR count). The smallest absolute Gasteiger partial charge is 0.222 e. The maximum Gasteiger partial charge on any atom is 0.222 e. The molecule has 2 aliphatic rings. The van der Waals surface area contributed by atoms with E-state index in [1.54, 1.807) is 18.2 Å². The average molecular weight is 345 g/mol. The first-order chi connectivity index (χ1) is 10.1. The van der Waals surface area contributed by atoms with Gasteiger partial charge in [-0.1, -0.05) is 18.2 Å². The van der Waals surface area contributed by atoms with Crippen molar-refractivity contribution in [1.29, 1.82) is 0 Å². The van der Waals surface area contributed by atoms with Gasteiger partial charge in [-0.25, -0.2) is 16.8 Å². The van der Waals surface area contributed by atoms with E-state index in [-0.39, 0.29) is 23.7 Å². The van der Waals surface area contributed by atoms with E-state index < -0.39 is 30.7 Å². The van der Waals surface area contributed by atoms with Crippen LogP contribution in [0.15, 0.2) is 29.2 Å². The van der Waals surface area contributed by atoms with Gasteiger partial charge in [0, 0.05) is 13.1 Å². The molecule has 1 atom stereocenters. The molecule has 8 heteroatoms. The Morgan fingerprint density at radius 1 is 1.27 bits per heavy atom. The summed E-state index contributed by atoms with van der Waals surface area (Å²) in [4.78, 5) is 0.135. The van der Waals surface area contributed by atoms with E-state index in [1.165, 1.54) is 10.4 Å². The van der Waals surface area contributed by atoms with Crippen LogP contribution < -0.4 is 0 Å². The molecule has 22 heavy (non-hydrogen) atoms. The molecule has 0 amide bonds. The molecular weight excluding hydrogens is 326 g/mol. The monoisotopic (exact) mass is 345 g/mol. The zero-order chi connectivity index (χ0) is 16.2. The molecule has 2 heterocycles. The highest BCUT2D eigenvalue weighted by Gasteiger charge is 2.46. The van der Waals surface area contributed by atoms with Gasteiger partial charge in [-0.2, -0.15) is 4.31 Å². The summed E-state index contributed by atoms with van der Waals surface area (Å²) >= 11 is 0. The Balaban J connectivity index is 2.01. The largest absolute Gasteiger partial charge is 0.373 e. The van der Waals surface area contributed by atoms with Crippen molar-refractivity contribution >= 4 is 19.9 Å². The van der Waals surface area contributed by atoms with Crippen molar-refractivity contribution in [3.63, 3.8) is 0 Å². The van der Waals surface area contributed by atoms with Crippen LogP contribution in [0.2, 0.25) is 0 Å². The molecule has 0 aromatic heterocycles. The van der Waals surface area contributed by atoms with Crippen LogP contribution in [0, 0.1) is 0 Å². The van der Waals surface area contributed by atoms with Crippen molar-refractivity contribution in [2.24, 2.45) is 0 Å². The van der Waals surface area contributed by atoms with Gasteiger partial charge in [0.25, 0.3) is 0 Å². The number of benzene rings is 1. The lowest BCUT2D eigenvalue weighted by atomic mass is 10.1. The van der Waals surface area contributed by atoms with E-state index in [9.17, 15) is 16.8 Å². The van der Waals surface area contributed by atoms with Crippen LogP contribution in [-0.2, 0) is 24.6 Å². The van der Waals surface area contributed by atoms with E-state index in [0.29, 0.717) is 12.2 Å². The second kappa shape index (κ2) is 5.02. The van der Waals surface area contributed by atoms with E-state index in [1.807, 2.05) is 13.8 Å². The van der Waals surface area contributed by atoms with E-state index in [2.05, 4.69) is 0 Å². The third-order valence-electron chi connectivity index (χ3n) is 4.08. The maximum absolute atomic E-state index is 12.9. The summed E-state index contributed by atoms with van der Waals surface area (Å²) < 4.78 is 57.2. The maximum atomic E-state index is 12.9. The Bertz CT molecular complexity index is 798. The summed E-state index contributed by atoms with van der Waals surface area (Å²) in [5.74, 6) is -0.382. The van der Waals surface area contributed by atoms with Gasteiger partial charge in [0.05, 0.1) is 22.9 Å². The molecule has 0 aliphatic carbocycles. The summed E-state index contributed by atoms with van der Waals surface area (Å²) in [5, 5.41) is -1.03. The number of nitrogens with zero attached hydrogens (tertiary/aromatic N) is 1. The lowest BCUT2D eigenvalue weighted by Crippen LogP contribution is -2.51. The molecule has 1 unspecified atom stereocenters. The summed E-state index contributed by atoms with van der Waals surface area (Å²) in [6.45, 7) is 4.45. The molecule has 2 aliphatic heterocycles. The average Bonchev–Trinajstić information content (AvgIpc) is 2.71. The van der Waals surface area contributed by atoms with Gasteiger partial charge in [0.15, 0.2) is 9.84 Å². The number of sulfonamides is 1. The predicted octanol–water partition coefficient (Wildman–Crippen LogP) is 0.956. The number of hydrogen-bond acceptors (Lipinski definition) is 5. The van der Waals surface area contributed by atoms with Gasteiger partial charge >= 0.3 is 0 Å². The summed E-state index contributed by atoms with van der Waals surface area (Å²) in [6, 6.07) is 6.35. The standard InChI is InChI=1S/C14H19NO5S2/c1-14(2)10-15(7-8-20-14)22(18,19)13-9-21(16,17)12-6-4-3-5-11(12)13/h3-6,13H,7-10H2,1-2H3. The SMILES string of the molecule is CC1(C)CN(S(=O)(=O)C2CS(=O)(=O)c3ccccc32)CCO1. The van der Waals surface area contributed by atoms with Crippen LogP contribution >= 0.6 is 0 Å². The minimum absolute atomic E-state index is 0.135. The van der Waals surface area contributed by atoms with Crippen molar-refractivity contribution in [2.75, 3.05) is 25.4 Å². The first-order valence-electron chi connectivity index (χ1n) is 7.08. The molecule has 122 valence electrons. The fourth-order valence-corrected chi connectivity index (χ4v) is 7.64. The highest BCUT2D eigenvalue weighted by Crippen LogP contribution is 2.40. The number of ether oxygens (including phenoxy) is 1. The highest BCUT2D eigenvalue weighted by molar-refractivity contribution is 7.95. The van der Waals surface area contributed by atoms with Gasteiger partial charge in [-0.05, 0) is 25.5 Å². The number of sulfone groups is 1. The third kappa shape index (κ3) is 2.58. The van der Waals surface area contributed by atoms with Gasteiger partial charge in [-0.15, -0.1) is 0 Å². The number of hydrogen-bond donors (Lipinski definition) is 0. The minimum Gasteiger partial charge on any atom is -0.373 e. The van der Waals surface area contributed by atoms with Crippen LogP contribution in [-0.4, -0.2) is 52.2 Å². The molecule has 6 nitrogen and oxygen atoms in total. The van der Waals surface area contributed by atoms with Crippen molar-refractivity contribution in [3.05, 3.63) is 29.8 Å². The van der Waals surface area contributed by atoms with Crippen molar-refractivity contribution in [3.8, 4) is 0 Å². The van der Waals surface area contributed by atoms with Crippen LogP contribution in [0.3, 0.4) is 0 Å². The van der Waals surface area contributed by atoms with Gasteiger partial charge < -0.3 is 4.74 Å². The zero-order valence-corrected chi connectivity index (χ0v) is 14.2. The molecule has 1 fully saturated rings. The summed E-state index contributed by atoms with van der Waals surface area (Å²) in [5.41, 5.74) is -0.186. The van der Waals surface area contributed by atoms with Crippen LogP contribution in [0.4, 0.5) is 0 Å². The molecule has 1 aromatic carbocycles. The van der Waals surface area contributed by atoms with E-state index >= 15 is 0 Å². The Hall–Kier alpha value is -0.960. The van der Waals surface area contributed by atoms with Crippen LogP contribution in [0.25, 0.3) is 0 Å². The predicted molar refractivity (Wildman–Crippen MR) is 81.8 cm³/mol. The summed E-state index contributed by atoms with van der Waals surface area (Å²) in [7, 11) is -7.29. The van der Waals surface area contributed by atoms with E-state index in [0.717, 1.165) is 0 Å². The summed E-state index contributed by atoms with van der Waals surface area (Å²) in [6.07, 6.45) is 0. The molecule has 1 saturated heterocycles. The topological polar surface area (TPSA) is 80.8 Å². The molecule has 0 saturated carbocycles. The first kappa shape index (κ1) is 15.9. The first-order valence-corrected chi connectivity index (χ1v) is 10.2. The molecule has 1 aromatic rings. The quantitative estimate of drug-likeness (QED) is 0.797. The van der Waals surface area contributed by atoms with Gasteiger partial charge in [0.2, 0.25) is 10.0 Å². The molecular formula is C14H19NO5S2. The second-order valence-corrected chi connectivity index (χ2v) is 10.4. The van der Waals surface area contributed by atoms with Gasteiger partial charge in [-0.3, -0.25) is 0 Å². The minimum atomic E-state index is -3.74. The Labute approximate surface area is 131 Å². The highest BCUT2D eigenvalue weighted by atomic mass is 32.2. The zero-order valence-electron chi connectivity index (χ0n) is 12.5. The fraction of sp³-hybridized carbons (Fsp3) is 0.571. The Morgan fingerprint density at radius 3 is 2.64 bits per heavy atom. The lowest BCUT2D eigenvalue weighted by molar-refractivity contribution is -0.0642. The normalized spacial score (nSPS) is 27.5. The third-order valence-corrected chi connectivity index (χ3v) is 8.28. The van der Waals surface area contributed by atoms with Crippen LogP contribution in [0.1, 0.15) is 24.7 Å². The molecule has 0 spiro atoms. The second-order valence-electron chi connectivity index (χ2n) is 6.29. The molecule has 0 radical (unpaired) electrons. The van der Waals surface area contributed by atoms with Gasteiger partial charge in [0.1, 0.15) is 5.25 Å². The molecule has 0 bridgehead atoms. The van der Waals surface area contributed by atoms with Crippen molar-refractivity contribution < 1.29 is 21.6 Å². The lowest BCUT2D eigenvalue weighted by Gasteiger charge is -2.38. The number of fused-ring (bicyclic) bond motifs is 1. The number of morpholine rings is 1. The fourth-order valence-electron chi connectivity index (χ4n) is 3.03. The Morgan fingerprint density at radius 2 is 1.95 bits per heavy atom. The van der Waals surface area contributed by atoms with Crippen molar-refractivity contribution in [2.45, 2.75) is 29.6 Å². The number of rotatable bonds is 2.